The molecule has 2 rings (SSSR count). The van der Waals surface area contributed by atoms with E-state index in [-0.39, 0.29) is 23.0 Å². The smallest absolute Gasteiger partial charge is 0.311 e. The van der Waals surface area contributed by atoms with Crippen LogP contribution in [0.3, 0.4) is 0 Å². The summed E-state index contributed by atoms with van der Waals surface area (Å²) in [5, 5.41) is 18.6. The van der Waals surface area contributed by atoms with Gasteiger partial charge in [-0.25, -0.2) is 0 Å². The van der Waals surface area contributed by atoms with Crippen molar-refractivity contribution in [3.05, 3.63) is 62.1 Å². The molecule has 0 radical (unpaired) electrons. The van der Waals surface area contributed by atoms with E-state index in [1.807, 2.05) is 6.92 Å². The quantitative estimate of drug-likeness (QED) is 0.379. The van der Waals surface area contributed by atoms with Gasteiger partial charge in [0.1, 0.15) is 11.6 Å². The van der Waals surface area contributed by atoms with Gasteiger partial charge in [-0.15, -0.1) is 0 Å². The maximum atomic E-state index is 11.1. The number of ether oxygens (including phenoxy) is 1. The van der Waals surface area contributed by atoms with Crippen LogP contribution in [0.5, 0.6) is 11.5 Å². The van der Waals surface area contributed by atoms with Crippen molar-refractivity contribution < 1.29 is 9.66 Å². The molecule has 108 valence electrons. The molecule has 0 unspecified atom stereocenters. The molecule has 0 spiro atoms. The lowest BCUT2D eigenvalue weighted by molar-refractivity contribution is -0.385. The third kappa shape index (κ3) is 3.38. The first-order chi connectivity index (χ1) is 9.88. The van der Waals surface area contributed by atoms with Crippen LogP contribution in [0.2, 0.25) is 0 Å². The van der Waals surface area contributed by atoms with Gasteiger partial charge in [-0.3, -0.25) is 15.5 Å². The van der Waals surface area contributed by atoms with Gasteiger partial charge in [0.2, 0.25) is 5.75 Å². The summed E-state index contributed by atoms with van der Waals surface area (Å²) in [6.45, 7) is 1.81. The van der Waals surface area contributed by atoms with Crippen molar-refractivity contribution >= 4 is 27.5 Å². The number of halogens is 1. The molecule has 2 aromatic carbocycles. The van der Waals surface area contributed by atoms with Crippen LogP contribution in [0, 0.1) is 22.4 Å². The summed E-state index contributed by atoms with van der Waals surface area (Å²) in [5.41, 5.74) is 6.55. The van der Waals surface area contributed by atoms with Gasteiger partial charge in [0.05, 0.1) is 10.5 Å². The molecular weight excluding hydrogens is 338 g/mol. The largest absolute Gasteiger partial charge is 0.449 e. The van der Waals surface area contributed by atoms with Crippen molar-refractivity contribution in [3.63, 3.8) is 0 Å². The first-order valence-corrected chi connectivity index (χ1v) is 6.74. The summed E-state index contributed by atoms with van der Waals surface area (Å²) in [6.07, 6.45) is 0. The molecule has 0 heterocycles. The molecule has 0 aliphatic carbocycles. The number of nitrogens with zero attached hydrogens (tertiary/aromatic N) is 1. The number of nitrogen functional groups attached to an aromatic ring is 1. The Balaban J connectivity index is 2.52. The van der Waals surface area contributed by atoms with Gasteiger partial charge >= 0.3 is 5.69 Å². The minimum Gasteiger partial charge on any atom is -0.449 e. The Hall–Kier alpha value is -2.41. The van der Waals surface area contributed by atoms with E-state index < -0.39 is 4.92 Å². The van der Waals surface area contributed by atoms with Crippen LogP contribution in [-0.2, 0) is 0 Å². The van der Waals surface area contributed by atoms with E-state index in [9.17, 15) is 10.1 Å². The number of nitrogens with two attached hydrogens (primary N) is 1. The lowest BCUT2D eigenvalue weighted by Gasteiger charge is -2.11. The monoisotopic (exact) mass is 349 g/mol. The number of aryl methyl sites for hydroxylation is 1. The first-order valence-electron chi connectivity index (χ1n) is 5.95. The first kappa shape index (κ1) is 15.0. The number of hydrogen-bond acceptors (Lipinski definition) is 4. The van der Waals surface area contributed by atoms with Gasteiger partial charge < -0.3 is 10.5 Å². The molecule has 0 atom stereocenters. The van der Waals surface area contributed by atoms with E-state index in [4.69, 9.17) is 15.9 Å². The normalized spacial score (nSPS) is 10.2. The molecule has 7 heteroatoms. The Morgan fingerprint density at radius 1 is 1.29 bits per heavy atom. The second kappa shape index (κ2) is 5.92. The summed E-state index contributed by atoms with van der Waals surface area (Å²) in [4.78, 5) is 10.5. The zero-order chi connectivity index (χ0) is 15.6. The van der Waals surface area contributed by atoms with Crippen molar-refractivity contribution in [2.45, 2.75) is 6.92 Å². The van der Waals surface area contributed by atoms with E-state index in [1.54, 1.807) is 30.3 Å². The van der Waals surface area contributed by atoms with Crippen LogP contribution in [-0.4, -0.2) is 10.8 Å². The van der Waals surface area contributed by atoms with Gasteiger partial charge in [0, 0.05) is 10.5 Å². The van der Waals surface area contributed by atoms with Gasteiger partial charge in [0.25, 0.3) is 0 Å². The molecular formula is C14H12BrN3O3. The third-order valence-corrected chi connectivity index (χ3v) is 3.26. The van der Waals surface area contributed by atoms with Gasteiger partial charge in [-0.1, -0.05) is 22.0 Å². The van der Waals surface area contributed by atoms with Crippen molar-refractivity contribution in [2.75, 3.05) is 0 Å². The number of nitro benzene ring substituents is 1. The summed E-state index contributed by atoms with van der Waals surface area (Å²) in [5.74, 6) is 0.221. The molecule has 0 aliphatic heterocycles. The molecule has 0 bridgehead atoms. The second-order valence-electron chi connectivity index (χ2n) is 4.38. The van der Waals surface area contributed by atoms with Crippen LogP contribution in [0.1, 0.15) is 11.1 Å². The third-order valence-electron chi connectivity index (χ3n) is 2.77. The molecule has 3 N–H and O–H groups in total. The summed E-state index contributed by atoms with van der Waals surface area (Å²) in [7, 11) is 0. The molecule has 21 heavy (non-hydrogen) atoms. The lowest BCUT2D eigenvalue weighted by atomic mass is 10.1. The zero-order valence-corrected chi connectivity index (χ0v) is 12.7. The highest BCUT2D eigenvalue weighted by Crippen LogP contribution is 2.34. The standard InChI is InChI=1S/C14H12BrN3O3/c1-8-2-5-11(18(19)20)13(6-8)21-12-7-9(15)3-4-10(12)14(16)17/h2-7H,1H3,(H3,16,17). The highest BCUT2D eigenvalue weighted by molar-refractivity contribution is 9.10. The Morgan fingerprint density at radius 2 is 2.00 bits per heavy atom. The Kier molecular flexibility index (Phi) is 4.23. The Labute approximate surface area is 129 Å². The predicted octanol–water partition coefficient (Wildman–Crippen LogP) is 3.74. The molecule has 0 amide bonds. The maximum Gasteiger partial charge on any atom is 0.311 e. The number of nitro groups is 1. The Bertz CT molecular complexity index is 670. The van der Waals surface area contributed by atoms with Crippen molar-refractivity contribution in [3.8, 4) is 11.5 Å². The minimum absolute atomic E-state index is 0.112. The van der Waals surface area contributed by atoms with Crippen molar-refractivity contribution in [1.29, 1.82) is 5.41 Å². The zero-order valence-electron chi connectivity index (χ0n) is 11.1. The van der Waals surface area contributed by atoms with E-state index in [0.29, 0.717) is 5.56 Å². The molecule has 2 aromatic rings. The minimum atomic E-state index is -0.514. The van der Waals surface area contributed by atoms with Gasteiger partial charge in [0.15, 0.2) is 0 Å². The van der Waals surface area contributed by atoms with E-state index >= 15 is 0 Å². The topological polar surface area (TPSA) is 102 Å². The number of hydrogen-bond donors (Lipinski definition) is 2. The number of amidine groups is 1. The summed E-state index contributed by atoms with van der Waals surface area (Å²) in [6, 6.07) is 9.54. The fourth-order valence-electron chi connectivity index (χ4n) is 1.78. The molecule has 6 nitrogen and oxygen atoms in total. The number of benzene rings is 2. The van der Waals surface area contributed by atoms with E-state index in [2.05, 4.69) is 15.9 Å². The van der Waals surface area contributed by atoms with Gasteiger partial charge in [-0.05, 0) is 36.8 Å². The fraction of sp³-hybridized carbons (Fsp3) is 0.0714. The lowest BCUT2D eigenvalue weighted by Crippen LogP contribution is -2.12. The summed E-state index contributed by atoms with van der Waals surface area (Å²) < 4.78 is 6.35. The highest BCUT2D eigenvalue weighted by Gasteiger charge is 2.18. The van der Waals surface area contributed by atoms with Crippen LogP contribution >= 0.6 is 15.9 Å². The average Bonchev–Trinajstić information content (AvgIpc) is 2.38. The molecule has 0 fully saturated rings. The van der Waals surface area contributed by atoms with Gasteiger partial charge in [-0.2, -0.15) is 0 Å². The van der Waals surface area contributed by atoms with E-state index in [0.717, 1.165) is 10.0 Å². The summed E-state index contributed by atoms with van der Waals surface area (Å²) >= 11 is 3.30. The average molecular weight is 350 g/mol. The van der Waals surface area contributed by atoms with Crippen LogP contribution in [0.15, 0.2) is 40.9 Å². The molecule has 0 aromatic heterocycles. The van der Waals surface area contributed by atoms with Crippen molar-refractivity contribution in [2.24, 2.45) is 5.73 Å². The predicted molar refractivity (Wildman–Crippen MR) is 83.1 cm³/mol. The second-order valence-corrected chi connectivity index (χ2v) is 5.30. The molecule has 0 saturated carbocycles. The van der Waals surface area contributed by atoms with Crippen LogP contribution in [0.25, 0.3) is 0 Å². The molecule has 0 aliphatic rings. The fourth-order valence-corrected chi connectivity index (χ4v) is 2.12. The highest BCUT2D eigenvalue weighted by atomic mass is 79.9. The SMILES string of the molecule is Cc1ccc([N+](=O)[O-])c(Oc2cc(Br)ccc2C(=N)N)c1. The van der Waals surface area contributed by atoms with Crippen LogP contribution in [0.4, 0.5) is 5.69 Å². The number of rotatable bonds is 4. The number of nitrogens with one attached hydrogen (secondary N) is 1. The Morgan fingerprint density at radius 3 is 2.62 bits per heavy atom. The van der Waals surface area contributed by atoms with Crippen LogP contribution < -0.4 is 10.5 Å². The molecule has 0 saturated heterocycles. The van der Waals surface area contributed by atoms with E-state index in [1.165, 1.54) is 6.07 Å². The maximum absolute atomic E-state index is 11.1. The van der Waals surface area contributed by atoms with Crippen molar-refractivity contribution in [1.82, 2.24) is 0 Å².